The molecule has 3 heterocycles. The predicted molar refractivity (Wildman–Crippen MR) is 110 cm³/mol. The molecule has 5 rings (SSSR count). The van der Waals surface area contributed by atoms with Crippen molar-refractivity contribution in [2.24, 2.45) is 7.05 Å². The number of benzene rings is 2. The smallest absolute Gasteiger partial charge is 0.258 e. The molecule has 1 amide bonds. The average Bonchev–Trinajstić information content (AvgIpc) is 3.34. The lowest BCUT2D eigenvalue weighted by molar-refractivity contribution is 0.0666. The molecule has 1 N–H and O–H groups in total. The maximum absolute atomic E-state index is 13.5. The Bertz CT molecular complexity index is 1210. The maximum atomic E-state index is 13.5. The van der Waals surface area contributed by atoms with Gasteiger partial charge in [0.25, 0.3) is 5.91 Å². The van der Waals surface area contributed by atoms with Gasteiger partial charge in [-0.2, -0.15) is 5.26 Å². The molecule has 2 aromatic carbocycles. The minimum Gasteiger partial charge on any atom is -0.454 e. The molecule has 0 bridgehead atoms. The quantitative estimate of drug-likeness (QED) is 0.725. The first kappa shape index (κ1) is 18.1. The van der Waals surface area contributed by atoms with E-state index in [2.05, 4.69) is 11.4 Å². The van der Waals surface area contributed by atoms with E-state index in [0.717, 1.165) is 22.5 Å². The number of para-hydroxylation sites is 1. The van der Waals surface area contributed by atoms with Crippen molar-refractivity contribution in [2.75, 3.05) is 12.1 Å². The standard InChI is InChI=1S/C23H20N4O3/c1-14-18(10-16(11-24)26(14)2)22-25-19-6-4-3-5-17(19)23(28)27(22)12-15-7-8-20-21(9-15)30-13-29-20/h3-10,22,25H,12-13H2,1-2H3/t22-/m1/s1. The number of rotatable bonds is 3. The van der Waals surface area contributed by atoms with Crippen LogP contribution in [0.4, 0.5) is 5.69 Å². The zero-order valence-electron chi connectivity index (χ0n) is 16.7. The minimum absolute atomic E-state index is 0.0613. The van der Waals surface area contributed by atoms with Gasteiger partial charge in [-0.15, -0.1) is 0 Å². The molecule has 2 aliphatic rings. The Morgan fingerprint density at radius 3 is 2.77 bits per heavy atom. The van der Waals surface area contributed by atoms with Crippen molar-refractivity contribution < 1.29 is 14.3 Å². The highest BCUT2D eigenvalue weighted by atomic mass is 16.7. The molecule has 0 saturated heterocycles. The molecule has 0 aliphatic carbocycles. The highest BCUT2D eigenvalue weighted by molar-refractivity contribution is 6.01. The van der Waals surface area contributed by atoms with Crippen LogP contribution in [0.2, 0.25) is 0 Å². The van der Waals surface area contributed by atoms with Crippen molar-refractivity contribution in [3.63, 3.8) is 0 Å². The van der Waals surface area contributed by atoms with E-state index in [9.17, 15) is 10.1 Å². The number of ether oxygens (including phenoxy) is 2. The molecule has 0 saturated carbocycles. The van der Waals surface area contributed by atoms with Crippen molar-refractivity contribution in [3.05, 3.63) is 76.6 Å². The number of nitrogens with zero attached hydrogens (tertiary/aromatic N) is 3. The summed E-state index contributed by atoms with van der Waals surface area (Å²) < 4.78 is 12.7. The summed E-state index contributed by atoms with van der Waals surface area (Å²) in [7, 11) is 1.86. The topological polar surface area (TPSA) is 79.5 Å². The van der Waals surface area contributed by atoms with Crippen LogP contribution in [0.5, 0.6) is 11.5 Å². The number of nitriles is 1. The van der Waals surface area contributed by atoms with Gasteiger partial charge in [-0.3, -0.25) is 4.79 Å². The lowest BCUT2D eigenvalue weighted by Crippen LogP contribution is -2.42. The van der Waals surface area contributed by atoms with Crippen LogP contribution in [-0.2, 0) is 13.6 Å². The molecular weight excluding hydrogens is 380 g/mol. The maximum Gasteiger partial charge on any atom is 0.258 e. The Balaban J connectivity index is 1.58. The van der Waals surface area contributed by atoms with Gasteiger partial charge in [0.1, 0.15) is 17.9 Å². The van der Waals surface area contributed by atoms with Gasteiger partial charge in [-0.1, -0.05) is 18.2 Å². The van der Waals surface area contributed by atoms with E-state index in [1.807, 2.05) is 67.1 Å². The number of aromatic nitrogens is 1. The second-order valence-electron chi connectivity index (χ2n) is 7.45. The van der Waals surface area contributed by atoms with Gasteiger partial charge in [0.05, 0.1) is 5.56 Å². The van der Waals surface area contributed by atoms with Gasteiger partial charge in [-0.05, 0) is 42.8 Å². The second-order valence-corrected chi connectivity index (χ2v) is 7.45. The third-order valence-electron chi connectivity index (χ3n) is 5.80. The average molecular weight is 400 g/mol. The molecule has 30 heavy (non-hydrogen) atoms. The lowest BCUT2D eigenvalue weighted by atomic mass is 10.0. The number of hydrogen-bond acceptors (Lipinski definition) is 5. The van der Waals surface area contributed by atoms with Crippen LogP contribution in [0.15, 0.2) is 48.5 Å². The highest BCUT2D eigenvalue weighted by Gasteiger charge is 2.35. The Hall–Kier alpha value is -3.92. The highest BCUT2D eigenvalue weighted by Crippen LogP contribution is 2.38. The van der Waals surface area contributed by atoms with Gasteiger partial charge in [0, 0.05) is 30.5 Å². The Morgan fingerprint density at radius 2 is 1.97 bits per heavy atom. The fraction of sp³-hybridized carbons (Fsp3) is 0.217. The molecule has 2 aliphatic heterocycles. The van der Waals surface area contributed by atoms with Crippen LogP contribution in [0, 0.1) is 18.3 Å². The summed E-state index contributed by atoms with van der Waals surface area (Å²) in [6.45, 7) is 2.55. The number of anilines is 1. The number of carbonyl (C=O) groups excluding carboxylic acids is 1. The monoisotopic (exact) mass is 400 g/mol. The summed E-state index contributed by atoms with van der Waals surface area (Å²) in [5, 5.41) is 13.0. The molecular formula is C23H20N4O3. The van der Waals surface area contributed by atoms with Crippen molar-refractivity contribution in [1.29, 1.82) is 5.26 Å². The van der Waals surface area contributed by atoms with E-state index >= 15 is 0 Å². The third kappa shape index (κ3) is 2.77. The zero-order chi connectivity index (χ0) is 20.8. The van der Waals surface area contributed by atoms with Crippen molar-refractivity contribution in [3.8, 4) is 17.6 Å². The first-order chi connectivity index (χ1) is 14.6. The Morgan fingerprint density at radius 1 is 1.17 bits per heavy atom. The number of hydrogen-bond donors (Lipinski definition) is 1. The summed E-state index contributed by atoms with van der Waals surface area (Å²) in [5.74, 6) is 1.33. The van der Waals surface area contributed by atoms with Gasteiger partial charge >= 0.3 is 0 Å². The second kappa shape index (κ2) is 6.85. The SMILES string of the molecule is Cc1c([C@@H]2Nc3ccccc3C(=O)N2Cc2ccc3c(c2)OCO3)cc(C#N)n1C. The van der Waals surface area contributed by atoms with E-state index in [1.54, 1.807) is 4.90 Å². The molecule has 1 aromatic heterocycles. The number of fused-ring (bicyclic) bond motifs is 2. The summed E-state index contributed by atoms with van der Waals surface area (Å²) in [4.78, 5) is 15.3. The van der Waals surface area contributed by atoms with Gasteiger partial charge < -0.3 is 24.3 Å². The van der Waals surface area contributed by atoms with Gasteiger partial charge in [-0.25, -0.2) is 0 Å². The fourth-order valence-corrected chi connectivity index (χ4v) is 4.04. The molecule has 3 aromatic rings. The third-order valence-corrected chi connectivity index (χ3v) is 5.80. The predicted octanol–water partition coefficient (Wildman–Crippen LogP) is 3.70. The normalized spacial score (nSPS) is 16.8. The minimum atomic E-state index is -0.397. The Kier molecular flexibility index (Phi) is 4.14. The van der Waals surface area contributed by atoms with Crippen molar-refractivity contribution >= 4 is 11.6 Å². The van der Waals surface area contributed by atoms with Crippen molar-refractivity contribution in [1.82, 2.24) is 9.47 Å². The molecule has 0 unspecified atom stereocenters. The van der Waals surface area contributed by atoms with Gasteiger partial charge in [0.2, 0.25) is 6.79 Å². The molecule has 0 fully saturated rings. The summed E-state index contributed by atoms with van der Waals surface area (Å²) in [5.41, 5.74) is 4.75. The van der Waals surface area contributed by atoms with E-state index in [0.29, 0.717) is 29.3 Å². The van der Waals surface area contributed by atoms with E-state index in [-0.39, 0.29) is 12.7 Å². The largest absolute Gasteiger partial charge is 0.454 e. The van der Waals surface area contributed by atoms with Crippen LogP contribution < -0.4 is 14.8 Å². The number of amides is 1. The zero-order valence-corrected chi connectivity index (χ0v) is 16.7. The first-order valence-corrected chi connectivity index (χ1v) is 9.68. The molecule has 7 heteroatoms. The number of nitrogens with one attached hydrogen (secondary N) is 1. The molecule has 150 valence electrons. The van der Waals surface area contributed by atoms with E-state index < -0.39 is 6.17 Å². The lowest BCUT2D eigenvalue weighted by Gasteiger charge is -2.38. The summed E-state index contributed by atoms with van der Waals surface area (Å²) >= 11 is 0. The summed E-state index contributed by atoms with van der Waals surface area (Å²) in [6, 6.07) is 17.3. The molecule has 0 spiro atoms. The Labute approximate surface area is 174 Å². The van der Waals surface area contributed by atoms with Crippen LogP contribution in [0.25, 0.3) is 0 Å². The summed E-state index contributed by atoms with van der Waals surface area (Å²) in [6.07, 6.45) is -0.397. The van der Waals surface area contributed by atoms with E-state index in [4.69, 9.17) is 9.47 Å². The molecule has 0 radical (unpaired) electrons. The van der Waals surface area contributed by atoms with Crippen LogP contribution >= 0.6 is 0 Å². The molecule has 1 atom stereocenters. The van der Waals surface area contributed by atoms with E-state index in [1.165, 1.54) is 0 Å². The van der Waals surface area contributed by atoms with Crippen LogP contribution in [0.3, 0.4) is 0 Å². The van der Waals surface area contributed by atoms with Crippen LogP contribution in [0.1, 0.15) is 39.0 Å². The van der Waals surface area contributed by atoms with Crippen LogP contribution in [-0.4, -0.2) is 22.2 Å². The van der Waals surface area contributed by atoms with Gasteiger partial charge in [0.15, 0.2) is 11.5 Å². The first-order valence-electron chi connectivity index (χ1n) is 9.68. The van der Waals surface area contributed by atoms with Crippen molar-refractivity contribution in [2.45, 2.75) is 19.6 Å². The fourth-order valence-electron chi connectivity index (χ4n) is 4.04. The number of carbonyl (C=O) groups is 1. The molecule has 7 nitrogen and oxygen atoms in total.